The van der Waals surface area contributed by atoms with Crippen LogP contribution in [-0.4, -0.2) is 31.1 Å². The minimum absolute atomic E-state index is 0.597. The summed E-state index contributed by atoms with van der Waals surface area (Å²) in [6.07, 6.45) is 13.5. The van der Waals surface area contributed by atoms with Gasteiger partial charge in [-0.15, -0.1) is 0 Å². The Morgan fingerprint density at radius 3 is 2.50 bits per heavy atom. The Bertz CT molecular complexity index is 496. The van der Waals surface area contributed by atoms with Crippen LogP contribution in [0.25, 0.3) is 0 Å². The third-order valence-electron chi connectivity index (χ3n) is 6.87. The zero-order valence-corrected chi connectivity index (χ0v) is 15.7. The number of allylic oxidation sites excluding steroid dienone is 3. The number of rotatable bonds is 4. The average molecular weight is 330 g/mol. The summed E-state index contributed by atoms with van der Waals surface area (Å²) >= 11 is 0. The van der Waals surface area contributed by atoms with Crippen molar-refractivity contribution in [3.05, 3.63) is 23.0 Å². The lowest BCUT2D eigenvalue weighted by Crippen LogP contribution is -2.32. The maximum Gasteiger partial charge on any atom is 0.121 e. The molecule has 1 saturated carbocycles. The van der Waals surface area contributed by atoms with Gasteiger partial charge in [0, 0.05) is 13.1 Å². The molecule has 0 aromatic rings. The van der Waals surface area contributed by atoms with Crippen molar-refractivity contribution >= 4 is 0 Å². The van der Waals surface area contributed by atoms with Crippen LogP contribution < -0.4 is 0 Å². The van der Waals surface area contributed by atoms with E-state index in [-0.39, 0.29) is 0 Å². The topological polar surface area (TPSA) is 12.5 Å². The lowest BCUT2D eigenvalue weighted by atomic mass is 9.84. The van der Waals surface area contributed by atoms with E-state index in [4.69, 9.17) is 4.74 Å². The van der Waals surface area contributed by atoms with Crippen molar-refractivity contribution in [1.82, 2.24) is 4.90 Å². The van der Waals surface area contributed by atoms with E-state index in [9.17, 15) is 0 Å². The first-order valence-electron chi connectivity index (χ1n) is 10.5. The van der Waals surface area contributed by atoms with Gasteiger partial charge in [-0.1, -0.05) is 19.9 Å². The monoisotopic (exact) mass is 329 g/mol. The molecule has 0 N–H and O–H groups in total. The highest BCUT2D eigenvalue weighted by Crippen LogP contribution is 2.39. The van der Waals surface area contributed by atoms with Crippen LogP contribution in [0.3, 0.4) is 0 Å². The summed E-state index contributed by atoms with van der Waals surface area (Å²) in [7, 11) is 0. The first-order chi connectivity index (χ1) is 11.7. The van der Waals surface area contributed by atoms with Crippen molar-refractivity contribution in [2.75, 3.05) is 26.2 Å². The van der Waals surface area contributed by atoms with E-state index >= 15 is 0 Å². The Hall–Kier alpha value is -0.760. The van der Waals surface area contributed by atoms with E-state index in [1.807, 2.05) is 0 Å². The highest BCUT2D eigenvalue weighted by atomic mass is 16.5. The molecule has 0 aromatic carbocycles. The number of hydrogen-bond acceptors (Lipinski definition) is 2. The van der Waals surface area contributed by atoms with Crippen LogP contribution in [-0.2, 0) is 4.74 Å². The Balaban J connectivity index is 1.32. The van der Waals surface area contributed by atoms with Crippen molar-refractivity contribution in [3.63, 3.8) is 0 Å². The molecule has 5 rings (SSSR count). The van der Waals surface area contributed by atoms with Crippen LogP contribution >= 0.6 is 0 Å². The number of ether oxygens (including phenoxy) is 1. The van der Waals surface area contributed by atoms with Gasteiger partial charge in [0.25, 0.3) is 0 Å². The lowest BCUT2D eigenvalue weighted by molar-refractivity contribution is 0.123. The predicted molar refractivity (Wildman–Crippen MR) is 99.7 cm³/mol. The van der Waals surface area contributed by atoms with Gasteiger partial charge in [0.2, 0.25) is 0 Å². The molecule has 5 aliphatic rings. The molecule has 2 saturated heterocycles. The zero-order valence-electron chi connectivity index (χ0n) is 15.7. The Labute approximate surface area is 148 Å². The average Bonchev–Trinajstić information content (AvgIpc) is 2.92. The van der Waals surface area contributed by atoms with Gasteiger partial charge >= 0.3 is 0 Å². The summed E-state index contributed by atoms with van der Waals surface area (Å²) < 4.78 is 6.28. The molecule has 0 spiro atoms. The van der Waals surface area contributed by atoms with Gasteiger partial charge in [0.05, 0.1) is 6.61 Å². The van der Waals surface area contributed by atoms with E-state index in [1.54, 1.807) is 5.57 Å². The molecular formula is C22H35NO. The van der Waals surface area contributed by atoms with E-state index in [0.29, 0.717) is 5.92 Å². The smallest absolute Gasteiger partial charge is 0.121 e. The van der Waals surface area contributed by atoms with Gasteiger partial charge in [0.15, 0.2) is 0 Å². The molecule has 0 radical (unpaired) electrons. The summed E-state index contributed by atoms with van der Waals surface area (Å²) in [5.74, 6) is 4.62. The van der Waals surface area contributed by atoms with E-state index < -0.39 is 0 Å². The maximum atomic E-state index is 6.28. The zero-order chi connectivity index (χ0) is 16.5. The molecular weight excluding hydrogens is 294 g/mol. The summed E-state index contributed by atoms with van der Waals surface area (Å²) in [6, 6.07) is 0. The molecule has 3 heterocycles. The van der Waals surface area contributed by atoms with Gasteiger partial charge < -0.3 is 9.64 Å². The molecule has 0 aromatic heterocycles. The summed E-state index contributed by atoms with van der Waals surface area (Å²) in [5, 5.41) is 0. The molecule has 2 aliphatic carbocycles. The molecule has 1 atom stereocenters. The van der Waals surface area contributed by atoms with Gasteiger partial charge in [-0.25, -0.2) is 0 Å². The van der Waals surface area contributed by atoms with Gasteiger partial charge in [-0.05, 0) is 92.7 Å². The number of hydrogen-bond donors (Lipinski definition) is 0. The highest BCUT2D eigenvalue weighted by molar-refractivity contribution is 5.36. The van der Waals surface area contributed by atoms with E-state index in [1.165, 1.54) is 82.3 Å². The summed E-state index contributed by atoms with van der Waals surface area (Å²) in [4.78, 5) is 2.79. The van der Waals surface area contributed by atoms with E-state index in [2.05, 4.69) is 24.8 Å². The number of fused-ring (bicyclic) bond motifs is 4. The Morgan fingerprint density at radius 2 is 1.83 bits per heavy atom. The van der Waals surface area contributed by atoms with Crippen LogP contribution in [0.1, 0.15) is 65.2 Å². The SMILES string of the molecule is CC(C)C1=CCCC2=C1OCC(CCN1CC3CCC(CC3)C1)C2. The summed E-state index contributed by atoms with van der Waals surface area (Å²) in [5.41, 5.74) is 3.09. The molecule has 134 valence electrons. The Kier molecular flexibility index (Phi) is 5.03. The highest BCUT2D eigenvalue weighted by Gasteiger charge is 2.31. The van der Waals surface area contributed by atoms with E-state index in [0.717, 1.165) is 24.4 Å². The van der Waals surface area contributed by atoms with Crippen LogP contribution in [0.2, 0.25) is 0 Å². The number of nitrogens with zero attached hydrogens (tertiary/aromatic N) is 1. The molecule has 2 nitrogen and oxygen atoms in total. The molecule has 2 bridgehead atoms. The van der Waals surface area contributed by atoms with Crippen molar-refractivity contribution < 1.29 is 4.74 Å². The first kappa shape index (κ1) is 16.7. The quantitative estimate of drug-likeness (QED) is 0.706. The van der Waals surface area contributed by atoms with Crippen LogP contribution in [0.15, 0.2) is 23.0 Å². The lowest BCUT2D eigenvalue weighted by Gasteiger charge is -2.33. The minimum atomic E-state index is 0.597. The standard InChI is InChI=1S/C22H35NO/c1-16(2)21-5-3-4-20-12-19(15-24-22(20)21)10-11-23-13-17-6-7-18(14-23)9-8-17/h5,16-19H,3-4,6-15H2,1-2H3. The summed E-state index contributed by atoms with van der Waals surface area (Å²) in [6.45, 7) is 9.59. The van der Waals surface area contributed by atoms with Gasteiger partial charge in [-0.2, -0.15) is 0 Å². The fourth-order valence-corrected chi connectivity index (χ4v) is 5.43. The third-order valence-corrected chi connectivity index (χ3v) is 6.87. The molecule has 0 amide bonds. The molecule has 1 unspecified atom stereocenters. The van der Waals surface area contributed by atoms with Crippen molar-refractivity contribution in [3.8, 4) is 0 Å². The maximum absolute atomic E-state index is 6.28. The second kappa shape index (κ2) is 7.23. The molecule has 2 heteroatoms. The van der Waals surface area contributed by atoms with Gasteiger partial charge in [0.1, 0.15) is 5.76 Å². The van der Waals surface area contributed by atoms with Crippen molar-refractivity contribution in [2.24, 2.45) is 23.7 Å². The third kappa shape index (κ3) is 3.59. The normalized spacial score (nSPS) is 34.0. The molecule has 3 aliphatic heterocycles. The first-order valence-corrected chi connectivity index (χ1v) is 10.5. The van der Waals surface area contributed by atoms with Crippen LogP contribution in [0.4, 0.5) is 0 Å². The Morgan fingerprint density at radius 1 is 1.12 bits per heavy atom. The second-order valence-corrected chi connectivity index (χ2v) is 9.10. The van der Waals surface area contributed by atoms with Crippen molar-refractivity contribution in [1.29, 1.82) is 0 Å². The molecule has 24 heavy (non-hydrogen) atoms. The van der Waals surface area contributed by atoms with Crippen molar-refractivity contribution in [2.45, 2.75) is 65.2 Å². The van der Waals surface area contributed by atoms with Crippen LogP contribution in [0, 0.1) is 23.7 Å². The predicted octanol–water partition coefficient (Wildman–Crippen LogP) is 5.17. The minimum Gasteiger partial charge on any atom is -0.493 e. The van der Waals surface area contributed by atoms with Gasteiger partial charge in [-0.3, -0.25) is 0 Å². The fraction of sp³-hybridized carbons (Fsp3) is 0.818. The second-order valence-electron chi connectivity index (χ2n) is 9.10. The van der Waals surface area contributed by atoms with Crippen LogP contribution in [0.5, 0.6) is 0 Å². The largest absolute Gasteiger partial charge is 0.493 e. The molecule has 3 fully saturated rings. The fourth-order valence-electron chi connectivity index (χ4n) is 5.43.